The van der Waals surface area contributed by atoms with E-state index in [0.29, 0.717) is 41.4 Å². The number of methoxy groups -OCH3 is 2. The van der Waals surface area contributed by atoms with Gasteiger partial charge in [0, 0.05) is 34.2 Å². The van der Waals surface area contributed by atoms with Crippen LogP contribution in [0.5, 0.6) is 5.75 Å². The number of likely N-dealkylation sites (N-methyl/N-ethyl adjacent to an activating group) is 1. The highest BCUT2D eigenvalue weighted by Gasteiger charge is 2.26. The number of hydrogen-bond acceptors (Lipinski definition) is 8. The van der Waals surface area contributed by atoms with E-state index in [2.05, 4.69) is 15.1 Å². The summed E-state index contributed by atoms with van der Waals surface area (Å²) in [5.41, 5.74) is 0.940. The van der Waals surface area contributed by atoms with E-state index in [9.17, 15) is 13.2 Å². The zero-order chi connectivity index (χ0) is 25.8. The average Bonchev–Trinajstić information content (AvgIpc) is 3.14. The van der Waals surface area contributed by atoms with Gasteiger partial charge in [-0.15, -0.1) is 5.10 Å². The van der Waals surface area contributed by atoms with E-state index in [-0.39, 0.29) is 29.4 Å². The Labute approximate surface area is 205 Å². The van der Waals surface area contributed by atoms with Gasteiger partial charge < -0.3 is 19.2 Å². The van der Waals surface area contributed by atoms with Crippen molar-refractivity contribution in [1.29, 1.82) is 0 Å². The van der Waals surface area contributed by atoms with E-state index in [1.54, 1.807) is 13.0 Å². The molecule has 0 aliphatic carbocycles. The minimum Gasteiger partial charge on any atom is -0.493 e. The second-order valence-electron chi connectivity index (χ2n) is 8.12. The van der Waals surface area contributed by atoms with Crippen LogP contribution in [-0.2, 0) is 25.9 Å². The van der Waals surface area contributed by atoms with Gasteiger partial charge in [0.15, 0.2) is 11.3 Å². The first-order valence-corrected chi connectivity index (χ1v) is 12.9. The fourth-order valence-corrected chi connectivity index (χ4v) is 5.05. The molecule has 192 valence electrons. The van der Waals surface area contributed by atoms with Crippen LogP contribution in [0.15, 0.2) is 27.9 Å². The number of sulfonamides is 1. The topological polar surface area (TPSA) is 128 Å². The fraction of sp³-hybridized carbons (Fsp3) is 0.522. The molecule has 11 nitrogen and oxygen atoms in total. The maximum atomic E-state index is 13.3. The SMILES string of the molecule is CCCc1nc(C)c2c(=O)[nH]c(-c3cc(S(=O)(=O)N(C)C[C@H](COC)OC)ccc3OCC)nn12. The van der Waals surface area contributed by atoms with Crippen LogP contribution in [0, 0.1) is 6.92 Å². The van der Waals surface area contributed by atoms with Gasteiger partial charge >= 0.3 is 0 Å². The molecule has 0 aliphatic rings. The molecular formula is C23H33N5O6S. The number of hydrogen-bond donors (Lipinski definition) is 1. The second-order valence-corrected chi connectivity index (χ2v) is 10.2. The van der Waals surface area contributed by atoms with Crippen molar-refractivity contribution in [2.75, 3.05) is 41.0 Å². The lowest BCUT2D eigenvalue weighted by Gasteiger charge is -2.23. The molecule has 2 heterocycles. The molecule has 12 heteroatoms. The van der Waals surface area contributed by atoms with E-state index in [4.69, 9.17) is 14.2 Å². The Morgan fingerprint density at radius 1 is 1.23 bits per heavy atom. The molecule has 0 saturated carbocycles. The van der Waals surface area contributed by atoms with Crippen LogP contribution in [0.3, 0.4) is 0 Å². The fourth-order valence-electron chi connectivity index (χ4n) is 3.82. The Morgan fingerprint density at radius 2 is 1.97 bits per heavy atom. The second kappa shape index (κ2) is 11.3. The first-order chi connectivity index (χ1) is 16.7. The van der Waals surface area contributed by atoms with Crippen LogP contribution in [-0.4, -0.2) is 79.4 Å². The number of H-pyrrole nitrogens is 1. The normalized spacial score (nSPS) is 13.0. The molecule has 0 fully saturated rings. The average molecular weight is 508 g/mol. The van der Waals surface area contributed by atoms with Crippen LogP contribution < -0.4 is 10.3 Å². The monoisotopic (exact) mass is 507 g/mol. The highest BCUT2D eigenvalue weighted by molar-refractivity contribution is 7.89. The smallest absolute Gasteiger partial charge is 0.277 e. The van der Waals surface area contributed by atoms with Crippen LogP contribution in [0.25, 0.3) is 16.9 Å². The minimum absolute atomic E-state index is 0.0315. The molecule has 0 saturated heterocycles. The number of rotatable bonds is 12. The molecule has 0 aliphatic heterocycles. The number of fused-ring (bicyclic) bond motifs is 1. The largest absolute Gasteiger partial charge is 0.493 e. The lowest BCUT2D eigenvalue weighted by molar-refractivity contribution is 0.0207. The predicted octanol–water partition coefficient (Wildman–Crippen LogP) is 2.03. The van der Waals surface area contributed by atoms with Gasteiger partial charge in [-0.2, -0.15) is 4.31 Å². The lowest BCUT2D eigenvalue weighted by Crippen LogP contribution is -2.37. The Kier molecular flexibility index (Phi) is 8.65. The van der Waals surface area contributed by atoms with Crippen LogP contribution >= 0.6 is 0 Å². The van der Waals surface area contributed by atoms with Gasteiger partial charge in [0.05, 0.1) is 35.5 Å². The summed E-state index contributed by atoms with van der Waals surface area (Å²) in [5.74, 6) is 1.26. The highest BCUT2D eigenvalue weighted by atomic mass is 32.2. The van der Waals surface area contributed by atoms with E-state index in [1.165, 1.54) is 42.2 Å². The van der Waals surface area contributed by atoms with Crippen molar-refractivity contribution in [3.8, 4) is 17.1 Å². The minimum atomic E-state index is -3.89. The highest BCUT2D eigenvalue weighted by Crippen LogP contribution is 2.31. The lowest BCUT2D eigenvalue weighted by atomic mass is 10.2. The summed E-state index contributed by atoms with van der Waals surface area (Å²) >= 11 is 0. The molecule has 0 radical (unpaired) electrons. The van der Waals surface area contributed by atoms with E-state index in [0.717, 1.165) is 6.42 Å². The Morgan fingerprint density at radius 3 is 2.60 bits per heavy atom. The summed E-state index contributed by atoms with van der Waals surface area (Å²) < 4.78 is 45.6. The first kappa shape index (κ1) is 26.8. The number of benzene rings is 1. The quantitative estimate of drug-likeness (QED) is 0.394. The number of nitrogens with zero attached hydrogens (tertiary/aromatic N) is 4. The summed E-state index contributed by atoms with van der Waals surface area (Å²) in [6.07, 6.45) is 1.05. The summed E-state index contributed by atoms with van der Waals surface area (Å²) in [5, 5.41) is 4.62. The van der Waals surface area contributed by atoms with Crippen molar-refractivity contribution in [2.45, 2.75) is 44.6 Å². The molecule has 0 amide bonds. The number of aromatic nitrogens is 4. The predicted molar refractivity (Wildman–Crippen MR) is 131 cm³/mol. The van der Waals surface area contributed by atoms with Gasteiger partial charge in [-0.05, 0) is 38.5 Å². The number of imidazole rings is 1. The number of nitrogens with one attached hydrogen (secondary N) is 1. The molecule has 0 spiro atoms. The van der Waals surface area contributed by atoms with Gasteiger partial charge in [0.1, 0.15) is 11.6 Å². The molecule has 3 aromatic rings. The van der Waals surface area contributed by atoms with E-state index < -0.39 is 16.1 Å². The summed E-state index contributed by atoms with van der Waals surface area (Å²) in [4.78, 5) is 20.2. The molecule has 35 heavy (non-hydrogen) atoms. The molecular weight excluding hydrogens is 474 g/mol. The molecule has 1 aromatic carbocycles. The number of ether oxygens (including phenoxy) is 3. The van der Waals surface area contributed by atoms with Crippen molar-refractivity contribution in [3.05, 3.63) is 40.1 Å². The molecule has 0 unspecified atom stereocenters. The van der Waals surface area contributed by atoms with Gasteiger partial charge in [0.2, 0.25) is 10.0 Å². The van der Waals surface area contributed by atoms with Crippen LogP contribution in [0.2, 0.25) is 0 Å². The van der Waals surface area contributed by atoms with Gasteiger partial charge in [-0.1, -0.05) is 6.92 Å². The third kappa shape index (κ3) is 5.56. The summed E-state index contributed by atoms with van der Waals surface area (Å²) in [6.45, 7) is 6.30. The summed E-state index contributed by atoms with van der Waals surface area (Å²) in [7, 11) is 0.617. The van der Waals surface area contributed by atoms with Crippen LogP contribution in [0.4, 0.5) is 0 Å². The molecule has 0 bridgehead atoms. The maximum Gasteiger partial charge on any atom is 0.277 e. The van der Waals surface area contributed by atoms with Crippen molar-refractivity contribution in [2.24, 2.45) is 0 Å². The molecule has 1 atom stereocenters. The maximum absolute atomic E-state index is 13.3. The number of aromatic amines is 1. The third-order valence-electron chi connectivity index (χ3n) is 5.58. The van der Waals surface area contributed by atoms with E-state index >= 15 is 0 Å². The number of aryl methyl sites for hydroxylation is 2. The zero-order valence-corrected chi connectivity index (χ0v) is 21.8. The Balaban J connectivity index is 2.13. The molecule has 3 rings (SSSR count). The third-order valence-corrected chi connectivity index (χ3v) is 7.40. The Hall–Kier alpha value is -2.80. The standard InChI is InChI=1S/C23H33N5O6S/c1-7-9-20-24-15(3)21-23(29)25-22(26-28(20)21)18-12-17(10-11-19(18)34-8-2)35(30,31)27(4)13-16(33-6)14-32-5/h10-12,16H,7-9,13-14H2,1-6H3,(H,25,26,29)/t16-/m1/s1. The van der Waals surface area contributed by atoms with Crippen LogP contribution in [0.1, 0.15) is 31.8 Å². The molecule has 1 N–H and O–H groups in total. The van der Waals surface area contributed by atoms with Gasteiger partial charge in [-0.25, -0.2) is 17.9 Å². The van der Waals surface area contributed by atoms with Gasteiger partial charge in [0.25, 0.3) is 5.56 Å². The summed E-state index contributed by atoms with van der Waals surface area (Å²) in [6, 6.07) is 4.50. The van der Waals surface area contributed by atoms with Gasteiger partial charge in [-0.3, -0.25) is 4.79 Å². The van der Waals surface area contributed by atoms with Crippen molar-refractivity contribution in [1.82, 2.24) is 23.9 Å². The Bertz CT molecular complexity index is 1330. The van der Waals surface area contributed by atoms with Crippen molar-refractivity contribution in [3.63, 3.8) is 0 Å². The molecule has 2 aromatic heterocycles. The zero-order valence-electron chi connectivity index (χ0n) is 21.0. The van der Waals surface area contributed by atoms with Crippen molar-refractivity contribution >= 4 is 15.5 Å². The van der Waals surface area contributed by atoms with E-state index in [1.807, 2.05) is 13.8 Å². The first-order valence-electron chi connectivity index (χ1n) is 11.4. The van der Waals surface area contributed by atoms with Crippen molar-refractivity contribution < 1.29 is 22.6 Å².